The fourth-order valence-electron chi connectivity index (χ4n) is 3.11. The third-order valence-electron chi connectivity index (χ3n) is 4.58. The van der Waals surface area contributed by atoms with E-state index in [1.165, 1.54) is 0 Å². The average Bonchev–Trinajstić information content (AvgIpc) is 3.47. The second-order valence-corrected chi connectivity index (χ2v) is 7.61. The van der Waals surface area contributed by atoms with Crippen molar-refractivity contribution < 1.29 is 9.47 Å². The van der Waals surface area contributed by atoms with E-state index >= 15 is 0 Å². The molecule has 1 aliphatic heterocycles. The highest BCUT2D eigenvalue weighted by Crippen LogP contribution is 2.32. The Morgan fingerprint density at radius 3 is 2.67 bits per heavy atom. The number of hydrogen-bond donors (Lipinski definition) is 2. The summed E-state index contributed by atoms with van der Waals surface area (Å²) < 4.78 is 10.8. The van der Waals surface area contributed by atoms with Crippen LogP contribution in [0.3, 0.4) is 0 Å². The average molecular weight is 417 g/mol. The van der Waals surface area contributed by atoms with Crippen LogP contribution in [0.4, 0.5) is 11.6 Å². The number of anilines is 2. The molecule has 0 amide bonds. The highest BCUT2D eigenvalue weighted by atomic mass is 32.1. The van der Waals surface area contributed by atoms with Gasteiger partial charge in [-0.1, -0.05) is 18.2 Å². The number of aromatic nitrogens is 3. The van der Waals surface area contributed by atoms with Gasteiger partial charge in [0.2, 0.25) is 6.79 Å². The second-order valence-electron chi connectivity index (χ2n) is 6.71. The van der Waals surface area contributed by atoms with Gasteiger partial charge in [-0.05, 0) is 41.5 Å². The molecule has 4 heterocycles. The van der Waals surface area contributed by atoms with Crippen LogP contribution >= 0.6 is 11.3 Å². The summed E-state index contributed by atoms with van der Waals surface area (Å²) in [6.07, 6.45) is 3.64. The first-order chi connectivity index (χ1) is 14.8. The Hall–Kier alpha value is -3.49. The molecule has 30 heavy (non-hydrogen) atoms. The molecule has 0 fully saturated rings. The van der Waals surface area contributed by atoms with Crippen molar-refractivity contribution >= 4 is 23.0 Å². The summed E-state index contributed by atoms with van der Waals surface area (Å²) in [5, 5.41) is 9.52. The van der Waals surface area contributed by atoms with Gasteiger partial charge in [0, 0.05) is 30.9 Å². The lowest BCUT2D eigenvalue weighted by Crippen LogP contribution is -2.12. The van der Waals surface area contributed by atoms with E-state index in [0.29, 0.717) is 6.79 Å². The van der Waals surface area contributed by atoms with E-state index in [-0.39, 0.29) is 0 Å². The van der Waals surface area contributed by atoms with Crippen molar-refractivity contribution in [1.29, 1.82) is 0 Å². The van der Waals surface area contributed by atoms with Crippen LogP contribution in [0.1, 0.15) is 11.1 Å². The van der Waals surface area contributed by atoms with Gasteiger partial charge in [-0.15, -0.1) is 11.3 Å². The maximum Gasteiger partial charge on any atom is 0.231 e. The van der Waals surface area contributed by atoms with Crippen LogP contribution in [-0.4, -0.2) is 21.7 Å². The van der Waals surface area contributed by atoms with Crippen molar-refractivity contribution in [2.45, 2.75) is 13.1 Å². The first kappa shape index (κ1) is 18.5. The number of benzene rings is 1. The van der Waals surface area contributed by atoms with E-state index < -0.39 is 0 Å². The molecule has 0 radical (unpaired) electrons. The molecule has 1 aliphatic rings. The van der Waals surface area contributed by atoms with Crippen LogP contribution in [0.5, 0.6) is 11.5 Å². The zero-order valence-electron chi connectivity index (χ0n) is 16.0. The summed E-state index contributed by atoms with van der Waals surface area (Å²) in [6.45, 7) is 1.76. The Bertz CT molecular complexity index is 1130. The number of nitrogens with zero attached hydrogens (tertiary/aromatic N) is 3. The molecule has 8 heteroatoms. The highest BCUT2D eigenvalue weighted by Gasteiger charge is 2.12. The Labute approximate surface area is 177 Å². The van der Waals surface area contributed by atoms with Crippen molar-refractivity contribution in [2.24, 2.45) is 0 Å². The number of hydrogen-bond acceptors (Lipinski definition) is 8. The number of rotatable bonds is 7. The standard InChI is InChI=1S/C22H19N5O2S/c1-2-17(22-24-8-9-30-22)26-21(3-1)27-20-7-5-16(13-25-20)12-23-11-15-4-6-18-19(10-15)29-14-28-18/h1-10,13,23H,11-12,14H2,(H,25,26,27). The Morgan fingerprint density at radius 1 is 0.900 bits per heavy atom. The first-order valence-electron chi connectivity index (χ1n) is 9.52. The molecular formula is C22H19N5O2S. The van der Waals surface area contributed by atoms with E-state index in [1.807, 2.05) is 60.1 Å². The van der Waals surface area contributed by atoms with Gasteiger partial charge in [-0.3, -0.25) is 0 Å². The minimum atomic E-state index is 0.295. The largest absolute Gasteiger partial charge is 0.454 e. The monoisotopic (exact) mass is 417 g/mol. The fourth-order valence-corrected chi connectivity index (χ4v) is 3.72. The summed E-state index contributed by atoms with van der Waals surface area (Å²) in [5.41, 5.74) is 3.10. The van der Waals surface area contributed by atoms with E-state index in [0.717, 1.165) is 58.1 Å². The number of ether oxygens (including phenoxy) is 2. The van der Waals surface area contributed by atoms with Crippen LogP contribution < -0.4 is 20.1 Å². The van der Waals surface area contributed by atoms with Crippen LogP contribution in [0.25, 0.3) is 10.7 Å². The molecule has 2 N–H and O–H groups in total. The molecule has 150 valence electrons. The van der Waals surface area contributed by atoms with Crippen molar-refractivity contribution in [3.8, 4) is 22.2 Å². The van der Waals surface area contributed by atoms with Gasteiger partial charge in [0.05, 0.1) is 0 Å². The molecule has 0 spiro atoms. The second kappa shape index (κ2) is 8.48. The summed E-state index contributed by atoms with van der Waals surface area (Å²) >= 11 is 1.57. The zero-order chi connectivity index (χ0) is 20.2. The third kappa shape index (κ3) is 4.24. The lowest BCUT2D eigenvalue weighted by Gasteiger charge is -2.08. The SMILES string of the molecule is c1cc(Nc2ccc(CNCc3ccc4c(c3)OCO4)cn2)nc(-c2nccs2)c1. The van der Waals surface area contributed by atoms with Crippen LogP contribution in [0.15, 0.2) is 66.3 Å². The van der Waals surface area contributed by atoms with Gasteiger partial charge in [-0.25, -0.2) is 15.0 Å². The minimum Gasteiger partial charge on any atom is -0.454 e. The van der Waals surface area contributed by atoms with Gasteiger partial charge in [0.1, 0.15) is 22.3 Å². The normalized spacial score (nSPS) is 12.1. The summed E-state index contributed by atoms with van der Waals surface area (Å²) in [5.74, 6) is 3.10. The van der Waals surface area contributed by atoms with Crippen molar-refractivity contribution in [3.63, 3.8) is 0 Å². The predicted molar refractivity (Wildman–Crippen MR) is 116 cm³/mol. The molecule has 0 atom stereocenters. The molecule has 5 rings (SSSR count). The van der Waals surface area contributed by atoms with Crippen molar-refractivity contribution in [1.82, 2.24) is 20.3 Å². The van der Waals surface area contributed by atoms with E-state index in [2.05, 4.69) is 25.6 Å². The molecule has 0 saturated heterocycles. The molecule has 0 unspecified atom stereocenters. The van der Waals surface area contributed by atoms with E-state index in [9.17, 15) is 0 Å². The summed E-state index contributed by atoms with van der Waals surface area (Å²) in [6, 6.07) is 15.8. The lowest BCUT2D eigenvalue weighted by molar-refractivity contribution is 0.174. The van der Waals surface area contributed by atoms with Crippen LogP contribution in [0.2, 0.25) is 0 Å². The molecule has 0 saturated carbocycles. The molecule has 7 nitrogen and oxygen atoms in total. The van der Waals surface area contributed by atoms with Gasteiger partial charge < -0.3 is 20.1 Å². The molecular weight excluding hydrogens is 398 g/mol. The maximum absolute atomic E-state index is 5.42. The number of nitrogens with one attached hydrogen (secondary N) is 2. The quantitative estimate of drug-likeness (QED) is 0.462. The van der Waals surface area contributed by atoms with Crippen LogP contribution in [0, 0.1) is 0 Å². The number of thiazole rings is 1. The van der Waals surface area contributed by atoms with Gasteiger partial charge in [0.25, 0.3) is 0 Å². The third-order valence-corrected chi connectivity index (χ3v) is 5.37. The van der Waals surface area contributed by atoms with E-state index in [1.54, 1.807) is 17.5 Å². The fraction of sp³-hybridized carbons (Fsp3) is 0.136. The minimum absolute atomic E-state index is 0.295. The Kier molecular flexibility index (Phi) is 5.24. The van der Waals surface area contributed by atoms with Crippen molar-refractivity contribution in [2.75, 3.05) is 12.1 Å². The van der Waals surface area contributed by atoms with Gasteiger partial charge in [0.15, 0.2) is 11.5 Å². The maximum atomic E-state index is 5.42. The van der Waals surface area contributed by atoms with Gasteiger partial charge in [-0.2, -0.15) is 0 Å². The topological polar surface area (TPSA) is 81.2 Å². The van der Waals surface area contributed by atoms with E-state index in [4.69, 9.17) is 9.47 Å². The van der Waals surface area contributed by atoms with Crippen LogP contribution in [-0.2, 0) is 13.1 Å². The molecule has 3 aromatic heterocycles. The molecule has 0 aliphatic carbocycles. The lowest BCUT2D eigenvalue weighted by atomic mass is 10.2. The highest BCUT2D eigenvalue weighted by molar-refractivity contribution is 7.13. The first-order valence-corrected chi connectivity index (χ1v) is 10.4. The molecule has 0 bridgehead atoms. The van der Waals surface area contributed by atoms with Gasteiger partial charge >= 0.3 is 0 Å². The predicted octanol–water partition coefficient (Wildman–Crippen LogP) is 4.36. The summed E-state index contributed by atoms with van der Waals surface area (Å²) in [7, 11) is 0. The van der Waals surface area contributed by atoms with Crippen molar-refractivity contribution in [3.05, 3.63) is 77.4 Å². The number of fused-ring (bicyclic) bond motifs is 1. The Balaban J connectivity index is 1.16. The number of pyridine rings is 2. The Morgan fingerprint density at radius 2 is 1.80 bits per heavy atom. The zero-order valence-corrected chi connectivity index (χ0v) is 16.9. The summed E-state index contributed by atoms with van der Waals surface area (Å²) in [4.78, 5) is 13.4. The smallest absolute Gasteiger partial charge is 0.231 e. The molecule has 4 aromatic rings. The molecule has 1 aromatic carbocycles.